The number of benzene rings is 1. The van der Waals surface area contributed by atoms with Crippen molar-refractivity contribution < 1.29 is 9.90 Å². The Morgan fingerprint density at radius 2 is 2.14 bits per heavy atom. The van der Waals surface area contributed by atoms with Gasteiger partial charge >= 0.3 is 0 Å². The molecule has 0 unspecified atom stereocenters. The van der Waals surface area contributed by atoms with Gasteiger partial charge in [0.15, 0.2) is 23.0 Å². The highest BCUT2D eigenvalue weighted by atomic mass is 16.3. The van der Waals surface area contributed by atoms with E-state index < -0.39 is 0 Å². The van der Waals surface area contributed by atoms with E-state index >= 15 is 0 Å². The van der Waals surface area contributed by atoms with Crippen LogP contribution in [-0.2, 0) is 4.79 Å². The van der Waals surface area contributed by atoms with Crippen LogP contribution in [-0.4, -0.2) is 35.8 Å². The second kappa shape index (κ2) is 7.28. The first-order valence-electron chi connectivity index (χ1n) is 8.55. The molecular formula is C18H13N9O2. The van der Waals surface area contributed by atoms with Crippen LogP contribution in [0.2, 0.25) is 0 Å². The van der Waals surface area contributed by atoms with Crippen LogP contribution in [0.25, 0.3) is 16.7 Å². The molecule has 1 amide bonds. The molecule has 4 rings (SSSR count). The summed E-state index contributed by atoms with van der Waals surface area (Å²) in [5.74, 6) is -0.218. The highest BCUT2D eigenvalue weighted by Gasteiger charge is 2.10. The zero-order valence-electron chi connectivity index (χ0n) is 15.1. The quantitative estimate of drug-likeness (QED) is 0.510. The number of nitriles is 1. The van der Waals surface area contributed by atoms with Crippen LogP contribution < -0.4 is 5.32 Å². The fraction of sp³-hybridized carbons (Fsp3) is 0.111. The summed E-state index contributed by atoms with van der Waals surface area (Å²) in [6.45, 7) is 1.69. The van der Waals surface area contributed by atoms with E-state index in [0.29, 0.717) is 27.9 Å². The van der Waals surface area contributed by atoms with E-state index in [1.807, 2.05) is 6.07 Å². The van der Waals surface area contributed by atoms with Crippen molar-refractivity contribution in [2.24, 2.45) is 10.2 Å². The summed E-state index contributed by atoms with van der Waals surface area (Å²) in [7, 11) is 0. The number of aromatic hydroxyl groups is 1. The lowest BCUT2D eigenvalue weighted by Crippen LogP contribution is -2.10. The standard InChI is InChI=1S/C18H13N9O2/c1-2-16(29)22-17-14(28)5-6-15(21-17)25-23-11-3-4-12-13(7-11)27-18(26-24-12)10(8-19)9-20-27/h3-7,9,28H,2H2,1H3,(H,21,22,29). The maximum Gasteiger partial charge on any atom is 0.225 e. The highest BCUT2D eigenvalue weighted by Crippen LogP contribution is 2.26. The number of rotatable bonds is 4. The molecule has 3 aromatic heterocycles. The molecule has 0 bridgehead atoms. The van der Waals surface area contributed by atoms with Gasteiger partial charge in [-0.2, -0.15) is 10.4 Å². The van der Waals surface area contributed by atoms with Crippen LogP contribution in [0.1, 0.15) is 18.9 Å². The molecule has 0 aliphatic carbocycles. The molecule has 0 atom stereocenters. The number of amides is 1. The van der Waals surface area contributed by atoms with Crippen molar-refractivity contribution in [3.05, 3.63) is 42.1 Å². The Morgan fingerprint density at radius 3 is 2.93 bits per heavy atom. The van der Waals surface area contributed by atoms with Crippen LogP contribution in [0.4, 0.5) is 17.3 Å². The molecule has 11 heteroatoms. The molecule has 0 saturated carbocycles. The molecule has 29 heavy (non-hydrogen) atoms. The lowest BCUT2D eigenvalue weighted by Gasteiger charge is -2.05. The second-order valence-corrected chi connectivity index (χ2v) is 5.92. The van der Waals surface area contributed by atoms with Crippen molar-refractivity contribution in [2.75, 3.05) is 5.32 Å². The maximum absolute atomic E-state index is 11.5. The average Bonchev–Trinajstić information content (AvgIpc) is 3.17. The molecule has 11 nitrogen and oxygen atoms in total. The fourth-order valence-electron chi connectivity index (χ4n) is 2.54. The largest absolute Gasteiger partial charge is 0.504 e. The number of pyridine rings is 1. The van der Waals surface area contributed by atoms with Crippen LogP contribution in [0.5, 0.6) is 5.75 Å². The number of azo groups is 1. The smallest absolute Gasteiger partial charge is 0.225 e. The Bertz CT molecular complexity index is 1320. The molecule has 0 spiro atoms. The molecule has 142 valence electrons. The number of nitrogens with zero attached hydrogens (tertiary/aromatic N) is 8. The summed E-state index contributed by atoms with van der Waals surface area (Å²) in [5, 5.41) is 41.9. The van der Waals surface area contributed by atoms with Crippen molar-refractivity contribution in [1.29, 1.82) is 5.26 Å². The molecule has 0 aliphatic rings. The molecule has 0 saturated heterocycles. The number of anilines is 1. The Kier molecular flexibility index (Phi) is 4.50. The van der Waals surface area contributed by atoms with Gasteiger partial charge in [0.2, 0.25) is 5.91 Å². The van der Waals surface area contributed by atoms with Crippen LogP contribution in [0.15, 0.2) is 46.8 Å². The molecule has 4 aromatic rings. The average molecular weight is 387 g/mol. The lowest BCUT2D eigenvalue weighted by molar-refractivity contribution is -0.115. The zero-order chi connectivity index (χ0) is 20.4. The first-order valence-corrected chi connectivity index (χ1v) is 8.55. The van der Waals surface area contributed by atoms with E-state index in [-0.39, 0.29) is 29.7 Å². The Morgan fingerprint density at radius 1 is 1.28 bits per heavy atom. The SMILES string of the molecule is CCC(=O)Nc1nc(N=Nc2ccc3nnc4c(C#N)cnn4c3c2)ccc1O. The molecule has 1 aromatic carbocycles. The normalized spacial score (nSPS) is 11.2. The second-order valence-electron chi connectivity index (χ2n) is 5.92. The van der Waals surface area contributed by atoms with Gasteiger partial charge in [0.25, 0.3) is 0 Å². The van der Waals surface area contributed by atoms with Crippen molar-refractivity contribution in [3.8, 4) is 11.8 Å². The molecule has 0 radical (unpaired) electrons. The summed E-state index contributed by atoms with van der Waals surface area (Å²) in [4.78, 5) is 15.6. The van der Waals surface area contributed by atoms with Crippen LogP contribution in [0, 0.1) is 11.3 Å². The third-order valence-corrected chi connectivity index (χ3v) is 4.01. The molecule has 2 N–H and O–H groups in total. The van der Waals surface area contributed by atoms with Crippen molar-refractivity contribution >= 4 is 39.9 Å². The van der Waals surface area contributed by atoms with Crippen molar-refractivity contribution in [3.63, 3.8) is 0 Å². The first-order chi connectivity index (χ1) is 14.1. The van der Waals surface area contributed by atoms with Gasteiger partial charge in [-0.25, -0.2) is 9.50 Å². The summed E-state index contributed by atoms with van der Waals surface area (Å²) in [5.41, 5.74) is 2.36. The summed E-state index contributed by atoms with van der Waals surface area (Å²) >= 11 is 0. The number of carbonyl (C=O) groups is 1. The number of fused-ring (bicyclic) bond motifs is 3. The predicted molar refractivity (Wildman–Crippen MR) is 102 cm³/mol. The summed E-state index contributed by atoms with van der Waals surface area (Å²) < 4.78 is 1.51. The van der Waals surface area contributed by atoms with Crippen LogP contribution >= 0.6 is 0 Å². The number of hydrogen-bond acceptors (Lipinski definition) is 9. The predicted octanol–water partition coefficient (Wildman–Crippen LogP) is 3.01. The summed E-state index contributed by atoms with van der Waals surface area (Å²) in [6.07, 6.45) is 1.67. The highest BCUT2D eigenvalue weighted by molar-refractivity contribution is 5.91. The van der Waals surface area contributed by atoms with E-state index in [1.54, 1.807) is 25.1 Å². The van der Waals surface area contributed by atoms with Gasteiger partial charge in [-0.3, -0.25) is 4.79 Å². The van der Waals surface area contributed by atoms with Gasteiger partial charge < -0.3 is 10.4 Å². The maximum atomic E-state index is 11.5. The van der Waals surface area contributed by atoms with Crippen molar-refractivity contribution in [2.45, 2.75) is 13.3 Å². The Labute approximate surface area is 163 Å². The minimum atomic E-state index is -0.280. The fourth-order valence-corrected chi connectivity index (χ4v) is 2.54. The third kappa shape index (κ3) is 3.42. The molecule has 3 heterocycles. The number of hydrogen-bond donors (Lipinski definition) is 2. The zero-order valence-corrected chi connectivity index (χ0v) is 15.1. The van der Waals surface area contributed by atoms with E-state index in [1.165, 1.54) is 22.8 Å². The molecule has 0 fully saturated rings. The van der Waals surface area contributed by atoms with Crippen molar-refractivity contribution in [1.82, 2.24) is 24.8 Å². The third-order valence-electron chi connectivity index (χ3n) is 4.01. The Hall–Kier alpha value is -4.46. The van der Waals surface area contributed by atoms with E-state index in [2.05, 4.69) is 35.8 Å². The number of aromatic nitrogens is 5. The number of nitrogens with one attached hydrogen (secondary N) is 1. The summed E-state index contributed by atoms with van der Waals surface area (Å²) in [6, 6.07) is 9.97. The first kappa shape index (κ1) is 17.9. The topological polar surface area (TPSA) is 154 Å². The Balaban J connectivity index is 1.69. The monoisotopic (exact) mass is 387 g/mol. The van der Waals surface area contributed by atoms with Crippen LogP contribution in [0.3, 0.4) is 0 Å². The minimum absolute atomic E-state index is 0.0179. The van der Waals surface area contributed by atoms with E-state index in [4.69, 9.17) is 5.26 Å². The van der Waals surface area contributed by atoms with Gasteiger partial charge in [-0.1, -0.05) is 6.92 Å². The lowest BCUT2D eigenvalue weighted by atomic mass is 10.2. The van der Waals surface area contributed by atoms with Gasteiger partial charge in [0, 0.05) is 6.42 Å². The van der Waals surface area contributed by atoms with Gasteiger partial charge in [0.1, 0.15) is 17.1 Å². The van der Waals surface area contributed by atoms with Gasteiger partial charge in [-0.05, 0) is 30.3 Å². The number of carbonyl (C=O) groups excluding carboxylic acids is 1. The van der Waals surface area contributed by atoms with Gasteiger partial charge in [0.05, 0.1) is 17.4 Å². The molecular weight excluding hydrogens is 374 g/mol. The molecule has 0 aliphatic heterocycles. The van der Waals surface area contributed by atoms with E-state index in [0.717, 1.165) is 0 Å². The minimum Gasteiger partial charge on any atom is -0.504 e. The van der Waals surface area contributed by atoms with E-state index in [9.17, 15) is 9.90 Å². The van der Waals surface area contributed by atoms with Gasteiger partial charge in [-0.15, -0.1) is 20.4 Å².